The van der Waals surface area contributed by atoms with Crippen LogP contribution in [-0.4, -0.2) is 110 Å². The molecule has 1 saturated heterocycles. The van der Waals surface area contributed by atoms with Crippen molar-refractivity contribution >= 4 is 5.91 Å². The van der Waals surface area contributed by atoms with E-state index < -0.39 is 74.2 Å². The van der Waals surface area contributed by atoms with Crippen LogP contribution in [0.5, 0.6) is 0 Å². The Labute approximate surface area is 353 Å². The summed E-state index contributed by atoms with van der Waals surface area (Å²) in [5.41, 5.74) is 0. The number of carbonyl (C=O) groups is 1. The molecule has 1 heterocycles. The van der Waals surface area contributed by atoms with Crippen molar-refractivity contribution in [2.24, 2.45) is 0 Å². The summed E-state index contributed by atoms with van der Waals surface area (Å²) in [6.07, 6.45) is 29.6. The zero-order valence-corrected chi connectivity index (χ0v) is 36.8. The number of unbranched alkanes of at least 4 members (excludes halogenated alkanes) is 23. The van der Waals surface area contributed by atoms with Crippen LogP contribution in [0.4, 0.5) is 0 Å². The molecule has 1 aliphatic heterocycles. The Balaban J connectivity index is 2.37. The average molecular weight is 828 g/mol. The molecule has 0 aromatic rings. The van der Waals surface area contributed by atoms with E-state index in [4.69, 9.17) is 9.47 Å². The predicted molar refractivity (Wildman–Crippen MR) is 233 cm³/mol. The maximum atomic E-state index is 13.1. The molecule has 9 atom stereocenters. The monoisotopic (exact) mass is 828 g/mol. The van der Waals surface area contributed by atoms with Gasteiger partial charge in [-0.25, -0.2) is 0 Å². The van der Waals surface area contributed by atoms with Gasteiger partial charge in [-0.05, 0) is 44.9 Å². The van der Waals surface area contributed by atoms with Crippen molar-refractivity contribution in [3.8, 4) is 0 Å². The van der Waals surface area contributed by atoms with Crippen molar-refractivity contribution in [1.29, 1.82) is 0 Å². The minimum atomic E-state index is -1.66. The summed E-state index contributed by atoms with van der Waals surface area (Å²) in [7, 11) is 0. The van der Waals surface area contributed by atoms with Crippen LogP contribution in [0.2, 0.25) is 0 Å². The normalized spacial score (nSPS) is 22.1. The van der Waals surface area contributed by atoms with Gasteiger partial charge in [0.1, 0.15) is 36.6 Å². The lowest BCUT2D eigenvalue weighted by Crippen LogP contribution is -2.60. The van der Waals surface area contributed by atoms with E-state index in [0.717, 1.165) is 64.2 Å². The first-order chi connectivity index (χ1) is 28.2. The van der Waals surface area contributed by atoms with Crippen molar-refractivity contribution in [2.75, 3.05) is 13.2 Å². The van der Waals surface area contributed by atoms with Crippen molar-refractivity contribution in [3.63, 3.8) is 0 Å². The molecule has 11 nitrogen and oxygen atoms in total. The Kier molecular flexibility index (Phi) is 35.2. The minimum Gasteiger partial charge on any atom is -0.394 e. The largest absolute Gasteiger partial charge is 0.394 e. The number of rotatable bonds is 39. The lowest BCUT2D eigenvalue weighted by Gasteiger charge is -2.40. The van der Waals surface area contributed by atoms with E-state index >= 15 is 0 Å². The van der Waals surface area contributed by atoms with E-state index in [1.807, 2.05) is 0 Å². The zero-order valence-electron chi connectivity index (χ0n) is 36.8. The summed E-state index contributed by atoms with van der Waals surface area (Å²) >= 11 is 0. The van der Waals surface area contributed by atoms with Crippen LogP contribution < -0.4 is 5.32 Å². The Bertz CT molecular complexity index is 997. The first kappa shape index (κ1) is 54.6. The van der Waals surface area contributed by atoms with Gasteiger partial charge in [0.25, 0.3) is 0 Å². The van der Waals surface area contributed by atoms with Gasteiger partial charge in [0, 0.05) is 0 Å². The Morgan fingerprint density at radius 2 is 1.05 bits per heavy atom. The second kappa shape index (κ2) is 37.4. The number of amides is 1. The van der Waals surface area contributed by atoms with E-state index in [1.54, 1.807) is 0 Å². The highest BCUT2D eigenvalue weighted by Crippen LogP contribution is 2.23. The Morgan fingerprint density at radius 1 is 0.603 bits per heavy atom. The lowest BCUT2D eigenvalue weighted by atomic mass is 9.98. The van der Waals surface area contributed by atoms with Gasteiger partial charge in [0.05, 0.1) is 25.4 Å². The molecule has 342 valence electrons. The first-order valence-corrected chi connectivity index (χ1v) is 23.7. The molecular weight excluding hydrogens is 739 g/mol. The number of hydrogen-bond acceptors (Lipinski definition) is 10. The number of ether oxygens (including phenoxy) is 2. The second-order valence-electron chi connectivity index (χ2n) is 16.8. The molecule has 0 aromatic heterocycles. The summed E-state index contributed by atoms with van der Waals surface area (Å²) < 4.78 is 11.1. The number of aliphatic hydroxyl groups excluding tert-OH is 7. The molecule has 1 rings (SSSR count). The summed E-state index contributed by atoms with van der Waals surface area (Å²) in [5.74, 6) is -0.707. The molecule has 58 heavy (non-hydrogen) atoms. The molecule has 0 radical (unpaired) electrons. The topological polar surface area (TPSA) is 189 Å². The smallest absolute Gasteiger partial charge is 0.249 e. The molecule has 1 aliphatic rings. The second-order valence-corrected chi connectivity index (χ2v) is 16.8. The predicted octanol–water partition coefficient (Wildman–Crippen LogP) is 7.84. The van der Waals surface area contributed by atoms with E-state index in [1.165, 1.54) is 96.3 Å². The van der Waals surface area contributed by atoms with Crippen LogP contribution in [0.3, 0.4) is 0 Å². The van der Waals surface area contributed by atoms with Crippen molar-refractivity contribution < 1.29 is 50.0 Å². The van der Waals surface area contributed by atoms with Gasteiger partial charge in [-0.3, -0.25) is 4.79 Å². The van der Waals surface area contributed by atoms with E-state index in [2.05, 4.69) is 43.5 Å². The maximum absolute atomic E-state index is 13.1. The molecule has 0 saturated carbocycles. The molecule has 8 N–H and O–H groups in total. The van der Waals surface area contributed by atoms with E-state index in [0.29, 0.717) is 19.3 Å². The number of carbonyl (C=O) groups excluding carboxylic acids is 1. The Morgan fingerprint density at radius 3 is 1.53 bits per heavy atom. The fourth-order valence-corrected chi connectivity index (χ4v) is 7.53. The lowest BCUT2D eigenvalue weighted by molar-refractivity contribution is -0.303. The van der Waals surface area contributed by atoms with Gasteiger partial charge in [-0.15, -0.1) is 0 Å². The SMILES string of the molecule is CCCCCCCCCCC/C=C\C/C=C\CCCCCCCCC(O)C(=O)NC(COC1OC(CO)C(O)C(O)C1O)C(O)C(O)CCCCCCCCCCC. The number of nitrogens with one attached hydrogen (secondary N) is 1. The number of allylic oxidation sites excluding steroid dienone is 4. The third-order valence-electron chi connectivity index (χ3n) is 11.5. The van der Waals surface area contributed by atoms with E-state index in [9.17, 15) is 40.5 Å². The van der Waals surface area contributed by atoms with Gasteiger partial charge in [-0.1, -0.05) is 179 Å². The van der Waals surface area contributed by atoms with Crippen LogP contribution in [-0.2, 0) is 14.3 Å². The molecule has 0 aromatic carbocycles. The van der Waals surface area contributed by atoms with Crippen LogP contribution in [0.15, 0.2) is 24.3 Å². The average Bonchev–Trinajstić information content (AvgIpc) is 3.22. The highest BCUT2D eigenvalue weighted by molar-refractivity contribution is 5.80. The summed E-state index contributed by atoms with van der Waals surface area (Å²) in [6.45, 7) is 3.40. The molecule has 1 fully saturated rings. The molecule has 9 unspecified atom stereocenters. The third kappa shape index (κ3) is 26.7. The highest BCUT2D eigenvalue weighted by Gasteiger charge is 2.44. The maximum Gasteiger partial charge on any atom is 0.249 e. The fourth-order valence-electron chi connectivity index (χ4n) is 7.53. The van der Waals surface area contributed by atoms with Crippen LogP contribution in [0.1, 0.15) is 200 Å². The van der Waals surface area contributed by atoms with Gasteiger partial charge >= 0.3 is 0 Å². The third-order valence-corrected chi connectivity index (χ3v) is 11.5. The van der Waals surface area contributed by atoms with Crippen molar-refractivity contribution in [2.45, 2.75) is 255 Å². The molecule has 0 spiro atoms. The summed E-state index contributed by atoms with van der Waals surface area (Å²) in [6, 6.07) is -1.17. The van der Waals surface area contributed by atoms with Gasteiger partial charge in [-0.2, -0.15) is 0 Å². The standard InChI is InChI=1S/C47H89NO10/c1-3-5-7-9-11-13-14-15-16-17-18-19-20-21-22-23-24-25-27-29-31-33-35-40(51)46(56)48-38(37-57-47-45(55)44(54)43(53)41(36-49)58-47)42(52)39(50)34-32-30-28-26-12-10-8-6-4-2/h18-19,21-22,38-45,47,49-55H,3-17,20,23-37H2,1-2H3,(H,48,56)/b19-18-,22-21-. The summed E-state index contributed by atoms with van der Waals surface area (Å²) in [5, 5.41) is 75.5. The highest BCUT2D eigenvalue weighted by atomic mass is 16.7. The van der Waals surface area contributed by atoms with Gasteiger partial charge in [0.15, 0.2) is 6.29 Å². The summed E-state index contributed by atoms with van der Waals surface area (Å²) in [4.78, 5) is 13.1. The van der Waals surface area contributed by atoms with Crippen molar-refractivity contribution in [1.82, 2.24) is 5.32 Å². The molecule has 11 heteroatoms. The molecular formula is C47H89NO10. The number of hydrogen-bond donors (Lipinski definition) is 8. The minimum absolute atomic E-state index is 0.249. The zero-order chi connectivity index (χ0) is 42.6. The van der Waals surface area contributed by atoms with Gasteiger partial charge < -0.3 is 50.5 Å². The van der Waals surface area contributed by atoms with Crippen LogP contribution in [0.25, 0.3) is 0 Å². The van der Waals surface area contributed by atoms with Gasteiger partial charge in [0.2, 0.25) is 5.91 Å². The first-order valence-electron chi connectivity index (χ1n) is 23.7. The van der Waals surface area contributed by atoms with Crippen molar-refractivity contribution in [3.05, 3.63) is 24.3 Å². The van der Waals surface area contributed by atoms with E-state index in [-0.39, 0.29) is 6.42 Å². The molecule has 0 bridgehead atoms. The number of aliphatic hydroxyl groups is 7. The van der Waals surface area contributed by atoms with Crippen LogP contribution in [0, 0.1) is 0 Å². The Hall–Kier alpha value is -1.41. The quantitative estimate of drug-likeness (QED) is 0.0224. The molecule has 1 amide bonds. The molecule has 0 aliphatic carbocycles. The fraction of sp³-hybridized carbons (Fsp3) is 0.894. The van der Waals surface area contributed by atoms with Crippen LogP contribution >= 0.6 is 0 Å².